The molecule has 0 aromatic heterocycles. The second-order valence-electron chi connectivity index (χ2n) is 4.50. The van der Waals surface area contributed by atoms with E-state index in [-0.39, 0.29) is 5.56 Å². The van der Waals surface area contributed by atoms with Crippen LogP contribution in [0.4, 0.5) is 17.6 Å². The second kappa shape index (κ2) is 5.80. The Labute approximate surface area is 113 Å². The number of alkyl halides is 3. The number of nitrogens with one attached hydrogen (secondary N) is 1. The van der Waals surface area contributed by atoms with Crippen LogP contribution in [0, 0.1) is 5.82 Å². The van der Waals surface area contributed by atoms with Gasteiger partial charge >= 0.3 is 6.18 Å². The van der Waals surface area contributed by atoms with Crippen LogP contribution in [0.5, 0.6) is 0 Å². The van der Waals surface area contributed by atoms with Gasteiger partial charge in [-0.1, -0.05) is 0 Å². The van der Waals surface area contributed by atoms with E-state index in [1.807, 2.05) is 0 Å². The molecule has 7 heteroatoms. The van der Waals surface area contributed by atoms with E-state index in [1.165, 1.54) is 6.26 Å². The van der Waals surface area contributed by atoms with Crippen molar-refractivity contribution in [1.29, 1.82) is 0 Å². The number of hydrazine groups is 1. The summed E-state index contributed by atoms with van der Waals surface area (Å²) >= 11 is 0. The number of hydrogen-bond donors (Lipinski definition) is 2. The molecule has 110 valence electrons. The Morgan fingerprint density at radius 3 is 2.60 bits per heavy atom. The maximum atomic E-state index is 13.8. The third kappa shape index (κ3) is 3.10. The molecule has 1 unspecified atom stereocenters. The Kier molecular flexibility index (Phi) is 4.29. The fraction of sp³-hybridized carbons (Fsp3) is 0.385. The molecule has 0 amide bonds. The van der Waals surface area contributed by atoms with E-state index >= 15 is 0 Å². The molecule has 20 heavy (non-hydrogen) atoms. The minimum absolute atomic E-state index is 0.140. The first-order valence-corrected chi connectivity index (χ1v) is 6.07. The molecule has 3 nitrogen and oxygen atoms in total. The molecule has 0 saturated carbocycles. The minimum atomic E-state index is -4.53. The highest BCUT2D eigenvalue weighted by molar-refractivity contribution is 5.34. The van der Waals surface area contributed by atoms with E-state index in [2.05, 4.69) is 5.43 Å². The van der Waals surface area contributed by atoms with Gasteiger partial charge in [-0.2, -0.15) is 13.2 Å². The second-order valence-corrected chi connectivity index (χ2v) is 4.50. The van der Waals surface area contributed by atoms with Gasteiger partial charge in [0.1, 0.15) is 5.82 Å². The van der Waals surface area contributed by atoms with Crippen LogP contribution in [-0.4, -0.2) is 6.61 Å². The fourth-order valence-corrected chi connectivity index (χ4v) is 2.13. The SMILES string of the molecule is NNC(C1=COCCC1)c1cc(C(F)(F)F)ccc1F. The van der Waals surface area contributed by atoms with Crippen molar-refractivity contribution in [3.63, 3.8) is 0 Å². The number of benzene rings is 1. The molecule has 1 aliphatic heterocycles. The summed E-state index contributed by atoms with van der Waals surface area (Å²) in [5, 5.41) is 0. The standard InChI is InChI=1S/C13H14F4N2O/c14-11-4-3-9(13(15,16)17)6-10(11)12(19-18)8-2-1-5-20-7-8/h3-4,6-7,12,19H,1-2,5,18H2. The zero-order chi connectivity index (χ0) is 14.8. The van der Waals surface area contributed by atoms with E-state index in [0.29, 0.717) is 31.1 Å². The maximum Gasteiger partial charge on any atom is 0.416 e. The zero-order valence-corrected chi connectivity index (χ0v) is 10.5. The smallest absolute Gasteiger partial charge is 0.416 e. The maximum absolute atomic E-state index is 13.8. The van der Waals surface area contributed by atoms with Gasteiger partial charge in [-0.25, -0.2) is 9.82 Å². The molecule has 0 aliphatic carbocycles. The van der Waals surface area contributed by atoms with Crippen molar-refractivity contribution in [2.45, 2.75) is 25.1 Å². The quantitative estimate of drug-likeness (QED) is 0.511. The third-order valence-electron chi connectivity index (χ3n) is 3.13. The summed E-state index contributed by atoms with van der Waals surface area (Å²) in [6.45, 7) is 0.534. The van der Waals surface area contributed by atoms with Crippen LogP contribution in [0.25, 0.3) is 0 Å². The summed E-state index contributed by atoms with van der Waals surface area (Å²) in [5.74, 6) is 4.63. The van der Waals surface area contributed by atoms with Crippen molar-refractivity contribution in [2.75, 3.05) is 6.61 Å². The van der Waals surface area contributed by atoms with Crippen molar-refractivity contribution in [3.05, 3.63) is 47.0 Å². The van der Waals surface area contributed by atoms with E-state index in [4.69, 9.17) is 10.6 Å². The number of ether oxygens (including phenoxy) is 1. The molecule has 2 rings (SSSR count). The molecule has 0 fully saturated rings. The van der Waals surface area contributed by atoms with Crippen LogP contribution in [0.2, 0.25) is 0 Å². The highest BCUT2D eigenvalue weighted by Crippen LogP contribution is 2.34. The Morgan fingerprint density at radius 1 is 1.30 bits per heavy atom. The monoisotopic (exact) mass is 290 g/mol. The van der Waals surface area contributed by atoms with Gasteiger partial charge in [-0.05, 0) is 36.6 Å². The number of halogens is 4. The van der Waals surface area contributed by atoms with Crippen LogP contribution in [0.1, 0.15) is 30.0 Å². The third-order valence-corrected chi connectivity index (χ3v) is 3.13. The predicted molar refractivity (Wildman–Crippen MR) is 64.7 cm³/mol. The number of nitrogens with two attached hydrogens (primary N) is 1. The molecule has 1 heterocycles. The summed E-state index contributed by atoms with van der Waals surface area (Å²) in [5.41, 5.74) is 1.92. The molecule has 0 bridgehead atoms. The van der Waals surface area contributed by atoms with Gasteiger partial charge in [0.25, 0.3) is 0 Å². The summed E-state index contributed by atoms with van der Waals surface area (Å²) in [7, 11) is 0. The molecular weight excluding hydrogens is 276 g/mol. The van der Waals surface area contributed by atoms with Gasteiger partial charge < -0.3 is 4.74 Å². The average Bonchev–Trinajstić information content (AvgIpc) is 2.41. The largest absolute Gasteiger partial charge is 0.501 e. The topological polar surface area (TPSA) is 47.3 Å². The van der Waals surface area contributed by atoms with Crippen LogP contribution in [-0.2, 0) is 10.9 Å². The van der Waals surface area contributed by atoms with Crippen LogP contribution in [0.15, 0.2) is 30.0 Å². The van der Waals surface area contributed by atoms with Crippen molar-refractivity contribution in [2.24, 2.45) is 5.84 Å². The first kappa shape index (κ1) is 14.8. The fourth-order valence-electron chi connectivity index (χ4n) is 2.13. The minimum Gasteiger partial charge on any atom is -0.501 e. The molecular formula is C13H14F4N2O. The van der Waals surface area contributed by atoms with Gasteiger partial charge in [-0.3, -0.25) is 5.84 Å². The van der Waals surface area contributed by atoms with Crippen molar-refractivity contribution < 1.29 is 22.3 Å². The Hall–Kier alpha value is -1.60. The van der Waals surface area contributed by atoms with Gasteiger partial charge in [0, 0.05) is 5.56 Å². The lowest BCUT2D eigenvalue weighted by Crippen LogP contribution is -2.31. The molecule has 0 spiro atoms. The summed E-state index contributed by atoms with van der Waals surface area (Å²) in [6, 6.07) is 1.44. The van der Waals surface area contributed by atoms with E-state index in [1.54, 1.807) is 0 Å². The average molecular weight is 290 g/mol. The zero-order valence-electron chi connectivity index (χ0n) is 10.5. The summed E-state index contributed by atoms with van der Waals surface area (Å²) < 4.78 is 57.0. The first-order chi connectivity index (χ1) is 9.43. The highest BCUT2D eigenvalue weighted by atomic mass is 19.4. The number of rotatable bonds is 3. The normalized spacial score (nSPS) is 17.4. The lowest BCUT2D eigenvalue weighted by Gasteiger charge is -2.24. The lowest BCUT2D eigenvalue weighted by atomic mass is 9.94. The van der Waals surface area contributed by atoms with Crippen LogP contribution >= 0.6 is 0 Å². The van der Waals surface area contributed by atoms with E-state index < -0.39 is 23.6 Å². The molecule has 1 aromatic carbocycles. The molecule has 0 radical (unpaired) electrons. The molecule has 1 aromatic rings. The van der Waals surface area contributed by atoms with Crippen LogP contribution < -0.4 is 11.3 Å². The molecule has 0 saturated heterocycles. The Balaban J connectivity index is 2.40. The first-order valence-electron chi connectivity index (χ1n) is 6.07. The summed E-state index contributed by atoms with van der Waals surface area (Å²) in [4.78, 5) is 0. The molecule has 1 atom stereocenters. The van der Waals surface area contributed by atoms with Crippen molar-refractivity contribution in [1.82, 2.24) is 5.43 Å². The van der Waals surface area contributed by atoms with Crippen LogP contribution in [0.3, 0.4) is 0 Å². The van der Waals surface area contributed by atoms with Gasteiger partial charge in [0.05, 0.1) is 24.5 Å². The summed E-state index contributed by atoms with van der Waals surface area (Å²) in [6.07, 6.45) is -1.80. The molecule has 3 N–H and O–H groups in total. The highest BCUT2D eigenvalue weighted by Gasteiger charge is 2.32. The Morgan fingerprint density at radius 2 is 2.05 bits per heavy atom. The van der Waals surface area contributed by atoms with Gasteiger partial charge in [0.2, 0.25) is 0 Å². The Bertz CT molecular complexity index is 514. The van der Waals surface area contributed by atoms with Crippen molar-refractivity contribution in [3.8, 4) is 0 Å². The molecule has 1 aliphatic rings. The van der Waals surface area contributed by atoms with E-state index in [0.717, 1.165) is 12.1 Å². The predicted octanol–water partition coefficient (Wildman–Crippen LogP) is 3.04. The van der Waals surface area contributed by atoms with Crippen molar-refractivity contribution >= 4 is 0 Å². The van der Waals surface area contributed by atoms with Gasteiger partial charge in [0.15, 0.2) is 0 Å². The van der Waals surface area contributed by atoms with E-state index in [9.17, 15) is 17.6 Å². The lowest BCUT2D eigenvalue weighted by molar-refractivity contribution is -0.137. The van der Waals surface area contributed by atoms with Gasteiger partial charge in [-0.15, -0.1) is 0 Å². The number of hydrogen-bond acceptors (Lipinski definition) is 3.